The van der Waals surface area contributed by atoms with E-state index in [4.69, 9.17) is 16.3 Å². The SMILES string of the molecule is O=C(CSCc1ccc(Cl)cc1)NCCOc1ccc2c(c1)CCC(=O)N2. The van der Waals surface area contributed by atoms with Crippen molar-refractivity contribution < 1.29 is 14.3 Å². The highest BCUT2D eigenvalue weighted by atomic mass is 35.5. The Hall–Kier alpha value is -2.18. The van der Waals surface area contributed by atoms with Gasteiger partial charge in [0.15, 0.2) is 0 Å². The Morgan fingerprint density at radius 3 is 2.81 bits per heavy atom. The number of rotatable bonds is 8. The van der Waals surface area contributed by atoms with Gasteiger partial charge in [0.05, 0.1) is 12.3 Å². The van der Waals surface area contributed by atoms with Crippen LogP contribution in [-0.2, 0) is 21.8 Å². The molecule has 0 unspecified atom stereocenters. The molecular weight excluding hydrogens is 384 g/mol. The summed E-state index contributed by atoms with van der Waals surface area (Å²) in [5, 5.41) is 6.41. The number of thioether (sulfide) groups is 1. The average Bonchev–Trinajstić information content (AvgIpc) is 2.67. The van der Waals surface area contributed by atoms with Crippen LogP contribution in [0, 0.1) is 0 Å². The number of fused-ring (bicyclic) bond motifs is 1. The fraction of sp³-hybridized carbons (Fsp3) is 0.300. The standard InChI is InChI=1S/C20H21ClN2O3S/c21-16-4-1-14(2-5-16)12-27-13-20(25)22-9-10-26-17-6-7-18-15(11-17)3-8-19(24)23-18/h1-2,4-7,11H,3,8-10,12-13H2,(H,22,25)(H,23,24). The molecule has 3 rings (SSSR count). The molecular formula is C20H21ClN2O3S. The Bertz CT molecular complexity index is 811. The lowest BCUT2D eigenvalue weighted by Gasteiger charge is -2.17. The van der Waals surface area contributed by atoms with Crippen LogP contribution in [0.1, 0.15) is 17.5 Å². The first-order valence-corrected chi connectivity index (χ1v) is 10.3. The van der Waals surface area contributed by atoms with Gasteiger partial charge in [0.2, 0.25) is 11.8 Å². The summed E-state index contributed by atoms with van der Waals surface area (Å²) < 4.78 is 5.69. The predicted octanol–water partition coefficient (Wildman–Crippen LogP) is 3.65. The summed E-state index contributed by atoms with van der Waals surface area (Å²) in [7, 11) is 0. The van der Waals surface area contributed by atoms with E-state index in [1.807, 2.05) is 42.5 Å². The molecule has 0 radical (unpaired) electrons. The molecule has 142 valence electrons. The highest BCUT2D eigenvalue weighted by molar-refractivity contribution is 7.99. The van der Waals surface area contributed by atoms with Crippen LogP contribution in [0.4, 0.5) is 5.69 Å². The van der Waals surface area contributed by atoms with Crippen LogP contribution in [0.2, 0.25) is 5.02 Å². The molecule has 0 fully saturated rings. The van der Waals surface area contributed by atoms with Crippen LogP contribution >= 0.6 is 23.4 Å². The highest BCUT2D eigenvalue weighted by Crippen LogP contribution is 2.26. The minimum atomic E-state index is -0.00860. The maximum absolute atomic E-state index is 11.9. The molecule has 0 saturated carbocycles. The molecule has 5 nitrogen and oxygen atoms in total. The van der Waals surface area contributed by atoms with E-state index in [2.05, 4.69) is 10.6 Å². The van der Waals surface area contributed by atoms with Gasteiger partial charge in [0.25, 0.3) is 0 Å². The quantitative estimate of drug-likeness (QED) is 0.659. The fourth-order valence-electron chi connectivity index (χ4n) is 2.70. The number of aryl methyl sites for hydroxylation is 1. The Labute approximate surface area is 167 Å². The van der Waals surface area contributed by atoms with E-state index < -0.39 is 0 Å². The molecule has 1 aliphatic rings. The molecule has 2 aromatic carbocycles. The molecule has 0 saturated heterocycles. The molecule has 7 heteroatoms. The van der Waals surface area contributed by atoms with Crippen molar-refractivity contribution in [1.29, 1.82) is 0 Å². The summed E-state index contributed by atoms with van der Waals surface area (Å²) in [5.41, 5.74) is 3.07. The number of ether oxygens (including phenoxy) is 1. The van der Waals surface area contributed by atoms with Crippen molar-refractivity contribution in [2.75, 3.05) is 24.2 Å². The van der Waals surface area contributed by atoms with Gasteiger partial charge in [-0.3, -0.25) is 9.59 Å². The van der Waals surface area contributed by atoms with Gasteiger partial charge < -0.3 is 15.4 Å². The first-order valence-electron chi connectivity index (χ1n) is 8.74. The van der Waals surface area contributed by atoms with E-state index >= 15 is 0 Å². The van der Waals surface area contributed by atoms with Crippen LogP contribution in [-0.4, -0.2) is 30.7 Å². The summed E-state index contributed by atoms with van der Waals surface area (Å²) in [6, 6.07) is 13.3. The zero-order chi connectivity index (χ0) is 19.1. The molecule has 0 bridgehead atoms. The van der Waals surface area contributed by atoms with E-state index in [0.717, 1.165) is 34.7 Å². The second-order valence-electron chi connectivity index (χ2n) is 6.18. The molecule has 0 aliphatic carbocycles. The fourth-order valence-corrected chi connectivity index (χ4v) is 3.65. The lowest BCUT2D eigenvalue weighted by atomic mass is 10.0. The first-order chi connectivity index (χ1) is 13.1. The van der Waals surface area contributed by atoms with Crippen LogP contribution in [0.5, 0.6) is 5.75 Å². The van der Waals surface area contributed by atoms with Crippen molar-refractivity contribution in [3.8, 4) is 5.75 Å². The number of carbonyl (C=O) groups is 2. The molecule has 1 heterocycles. The van der Waals surface area contributed by atoms with Gasteiger partial charge in [-0.2, -0.15) is 0 Å². The molecule has 0 spiro atoms. The van der Waals surface area contributed by atoms with Crippen molar-refractivity contribution in [3.63, 3.8) is 0 Å². The van der Waals surface area contributed by atoms with E-state index in [1.54, 1.807) is 11.8 Å². The molecule has 27 heavy (non-hydrogen) atoms. The highest BCUT2D eigenvalue weighted by Gasteiger charge is 2.14. The normalized spacial score (nSPS) is 12.9. The zero-order valence-electron chi connectivity index (χ0n) is 14.8. The van der Waals surface area contributed by atoms with E-state index in [9.17, 15) is 9.59 Å². The van der Waals surface area contributed by atoms with Crippen molar-refractivity contribution in [2.45, 2.75) is 18.6 Å². The van der Waals surface area contributed by atoms with Gasteiger partial charge in [0, 0.05) is 22.9 Å². The Kier molecular flexibility index (Phi) is 7.01. The van der Waals surface area contributed by atoms with Crippen LogP contribution in [0.15, 0.2) is 42.5 Å². The predicted molar refractivity (Wildman–Crippen MR) is 110 cm³/mol. The third-order valence-electron chi connectivity index (χ3n) is 4.08. The Morgan fingerprint density at radius 1 is 1.19 bits per heavy atom. The lowest BCUT2D eigenvalue weighted by molar-refractivity contribution is -0.118. The van der Waals surface area contributed by atoms with Gasteiger partial charge in [-0.1, -0.05) is 23.7 Å². The van der Waals surface area contributed by atoms with Crippen molar-refractivity contribution in [2.24, 2.45) is 0 Å². The lowest BCUT2D eigenvalue weighted by Crippen LogP contribution is -2.29. The van der Waals surface area contributed by atoms with E-state index in [0.29, 0.717) is 30.3 Å². The minimum absolute atomic E-state index is 0.00860. The number of benzene rings is 2. The third-order valence-corrected chi connectivity index (χ3v) is 5.34. The first kappa shape index (κ1) is 19.6. The van der Waals surface area contributed by atoms with Gasteiger partial charge in [0.1, 0.15) is 12.4 Å². The minimum Gasteiger partial charge on any atom is -0.492 e. The molecule has 0 atom stereocenters. The summed E-state index contributed by atoms with van der Waals surface area (Å²) >= 11 is 7.41. The van der Waals surface area contributed by atoms with E-state index in [-0.39, 0.29) is 11.8 Å². The topological polar surface area (TPSA) is 67.4 Å². The largest absolute Gasteiger partial charge is 0.492 e. The van der Waals surface area contributed by atoms with Gasteiger partial charge >= 0.3 is 0 Å². The Morgan fingerprint density at radius 2 is 2.00 bits per heavy atom. The average molecular weight is 405 g/mol. The van der Waals surface area contributed by atoms with Gasteiger partial charge in [-0.15, -0.1) is 11.8 Å². The summed E-state index contributed by atoms with van der Waals surface area (Å²) in [6.45, 7) is 0.854. The maximum atomic E-state index is 11.9. The molecule has 0 aromatic heterocycles. The number of amides is 2. The number of hydrogen-bond donors (Lipinski definition) is 2. The van der Waals surface area contributed by atoms with Crippen LogP contribution < -0.4 is 15.4 Å². The zero-order valence-corrected chi connectivity index (χ0v) is 16.4. The number of nitrogens with one attached hydrogen (secondary N) is 2. The van der Waals surface area contributed by atoms with Crippen molar-refractivity contribution in [3.05, 3.63) is 58.6 Å². The Balaban J connectivity index is 1.32. The van der Waals surface area contributed by atoms with Crippen LogP contribution in [0.3, 0.4) is 0 Å². The van der Waals surface area contributed by atoms with Gasteiger partial charge in [-0.25, -0.2) is 0 Å². The smallest absolute Gasteiger partial charge is 0.230 e. The maximum Gasteiger partial charge on any atom is 0.230 e. The van der Waals surface area contributed by atoms with Crippen molar-refractivity contribution >= 4 is 40.9 Å². The molecule has 2 amide bonds. The second kappa shape index (κ2) is 9.67. The molecule has 2 N–H and O–H groups in total. The summed E-state index contributed by atoms with van der Waals surface area (Å²) in [4.78, 5) is 23.2. The number of halogens is 1. The van der Waals surface area contributed by atoms with Gasteiger partial charge in [-0.05, 0) is 47.9 Å². The number of hydrogen-bond acceptors (Lipinski definition) is 4. The number of carbonyl (C=O) groups excluding carboxylic acids is 2. The van der Waals surface area contributed by atoms with E-state index in [1.165, 1.54) is 0 Å². The number of anilines is 1. The molecule has 1 aliphatic heterocycles. The summed E-state index contributed by atoms with van der Waals surface area (Å²) in [6.07, 6.45) is 1.22. The van der Waals surface area contributed by atoms with Crippen LogP contribution in [0.25, 0.3) is 0 Å². The molecule has 2 aromatic rings. The monoisotopic (exact) mass is 404 g/mol. The third kappa shape index (κ3) is 6.19. The van der Waals surface area contributed by atoms with Crippen molar-refractivity contribution in [1.82, 2.24) is 5.32 Å². The summed E-state index contributed by atoms with van der Waals surface area (Å²) in [5.74, 6) is 1.96. The second-order valence-corrected chi connectivity index (χ2v) is 7.61.